The van der Waals surface area contributed by atoms with Crippen LogP contribution in [-0.2, 0) is 10.0 Å². The Morgan fingerprint density at radius 1 is 1.09 bits per heavy atom. The van der Waals surface area contributed by atoms with E-state index in [-0.39, 0.29) is 16.8 Å². The van der Waals surface area contributed by atoms with Crippen LogP contribution in [0.4, 0.5) is 29.3 Å². The number of halogens is 3. The highest BCUT2D eigenvalue weighted by Crippen LogP contribution is 2.27. The second-order valence-electron chi connectivity index (χ2n) is 7.27. The summed E-state index contributed by atoms with van der Waals surface area (Å²) in [6.07, 6.45) is -1.30. The van der Waals surface area contributed by atoms with E-state index in [9.17, 15) is 31.2 Å². The maximum Gasteiger partial charge on any atom is 0.333 e. The highest BCUT2D eigenvalue weighted by atomic mass is 32.2. The minimum absolute atomic E-state index is 0.180. The van der Waals surface area contributed by atoms with Crippen LogP contribution in [0, 0.1) is 5.82 Å². The highest BCUT2D eigenvalue weighted by Gasteiger charge is 2.22. The number of thiophene rings is 1. The maximum absolute atomic E-state index is 14.1. The van der Waals surface area contributed by atoms with Gasteiger partial charge in [0.2, 0.25) is 0 Å². The minimum Gasteiger partial charge on any atom is -0.386 e. The molecule has 35 heavy (non-hydrogen) atoms. The van der Waals surface area contributed by atoms with Crippen LogP contribution in [-0.4, -0.2) is 26.1 Å². The molecule has 0 saturated carbocycles. The predicted molar refractivity (Wildman–Crippen MR) is 128 cm³/mol. The first-order chi connectivity index (χ1) is 16.6. The molecule has 2 heterocycles. The van der Waals surface area contributed by atoms with Crippen molar-refractivity contribution in [3.8, 4) is 5.69 Å². The van der Waals surface area contributed by atoms with E-state index in [1.807, 2.05) is 0 Å². The Kier molecular flexibility index (Phi) is 6.54. The van der Waals surface area contributed by atoms with Crippen molar-refractivity contribution in [2.75, 3.05) is 17.7 Å². The molecule has 0 aliphatic carbocycles. The van der Waals surface area contributed by atoms with E-state index >= 15 is 0 Å². The average Bonchev–Trinajstić information content (AvgIpc) is 3.32. The summed E-state index contributed by atoms with van der Waals surface area (Å²) in [6, 6.07) is 9.92. The number of carbonyl (C=O) groups is 1. The van der Waals surface area contributed by atoms with Crippen molar-refractivity contribution in [2.24, 2.45) is 0 Å². The molecule has 8 nitrogen and oxygen atoms in total. The molecule has 2 aromatic heterocycles. The minimum atomic E-state index is -4.34. The van der Waals surface area contributed by atoms with Crippen LogP contribution in [0.2, 0.25) is 0 Å². The third-order valence-corrected chi connectivity index (χ3v) is 7.79. The molecule has 0 unspecified atom stereocenters. The highest BCUT2D eigenvalue weighted by molar-refractivity contribution is 7.92. The molecule has 0 bridgehead atoms. The van der Waals surface area contributed by atoms with Gasteiger partial charge in [0, 0.05) is 35.6 Å². The third-order valence-electron chi connectivity index (χ3n) is 5.00. The maximum atomic E-state index is 14.1. The van der Waals surface area contributed by atoms with Crippen molar-refractivity contribution >= 4 is 49.5 Å². The first kappa shape index (κ1) is 24.3. The number of amides is 2. The number of rotatable bonds is 6. The Morgan fingerprint density at radius 3 is 2.43 bits per heavy atom. The van der Waals surface area contributed by atoms with E-state index in [1.54, 1.807) is 17.8 Å². The van der Waals surface area contributed by atoms with Gasteiger partial charge in [-0.15, -0.1) is 11.3 Å². The van der Waals surface area contributed by atoms with Gasteiger partial charge in [-0.25, -0.2) is 31.1 Å². The second kappa shape index (κ2) is 9.43. The number of hydrogen-bond acceptors (Lipinski definition) is 6. The Morgan fingerprint density at radius 2 is 1.80 bits per heavy atom. The number of urea groups is 1. The smallest absolute Gasteiger partial charge is 0.333 e. The van der Waals surface area contributed by atoms with Crippen LogP contribution in [0.1, 0.15) is 12.0 Å². The molecule has 0 spiro atoms. The monoisotopic (exact) mass is 522 g/mol. The van der Waals surface area contributed by atoms with Crippen LogP contribution in [0.15, 0.2) is 69.1 Å². The summed E-state index contributed by atoms with van der Waals surface area (Å²) in [5, 5.41) is 6.77. The number of pyridine rings is 1. The van der Waals surface area contributed by atoms with Crippen molar-refractivity contribution in [2.45, 2.75) is 10.6 Å². The Labute approximate surface area is 201 Å². The fraction of sp³-hybridized carbons (Fsp3) is 0.0909. The normalized spacial score (nSPS) is 11.6. The largest absolute Gasteiger partial charge is 0.386 e. The number of anilines is 2. The first-order valence-corrected chi connectivity index (χ1v) is 12.3. The average molecular weight is 523 g/mol. The molecule has 13 heteroatoms. The number of hydrogen-bond donors (Lipinski definition) is 3. The second-order valence-corrected chi connectivity index (χ2v) is 10.1. The molecule has 0 atom stereocenters. The number of aromatic nitrogens is 1. The van der Waals surface area contributed by atoms with Crippen molar-refractivity contribution in [1.29, 1.82) is 0 Å². The Hall–Kier alpha value is -3.84. The van der Waals surface area contributed by atoms with Gasteiger partial charge in [0.1, 0.15) is 10.0 Å². The van der Waals surface area contributed by atoms with Crippen molar-refractivity contribution in [3.63, 3.8) is 0 Å². The lowest BCUT2D eigenvalue weighted by atomic mass is 10.1. The molecule has 2 aromatic carbocycles. The van der Waals surface area contributed by atoms with Crippen molar-refractivity contribution < 1.29 is 26.4 Å². The van der Waals surface area contributed by atoms with Crippen LogP contribution < -0.4 is 20.9 Å². The molecule has 0 aliphatic rings. The molecule has 0 saturated heterocycles. The molecule has 2 amide bonds. The summed E-state index contributed by atoms with van der Waals surface area (Å²) in [7, 11) is -2.76. The molecule has 3 N–H and O–H groups in total. The third kappa shape index (κ3) is 5.00. The lowest BCUT2D eigenvalue weighted by molar-refractivity contribution is 0.152. The van der Waals surface area contributed by atoms with Gasteiger partial charge in [0.05, 0.1) is 11.1 Å². The van der Waals surface area contributed by atoms with E-state index in [2.05, 4.69) is 10.6 Å². The molecule has 4 rings (SSSR count). The molecular weight excluding hydrogens is 505 g/mol. The molecule has 0 radical (unpaired) electrons. The number of benzene rings is 2. The summed E-state index contributed by atoms with van der Waals surface area (Å²) in [6.45, 7) is 0. The summed E-state index contributed by atoms with van der Waals surface area (Å²) in [4.78, 5) is 25.0. The lowest BCUT2D eigenvalue weighted by Gasteiger charge is -2.11. The zero-order chi connectivity index (χ0) is 25.3. The van der Waals surface area contributed by atoms with Gasteiger partial charge in [0.25, 0.3) is 22.0 Å². The van der Waals surface area contributed by atoms with E-state index in [1.165, 1.54) is 41.1 Å². The van der Waals surface area contributed by atoms with Gasteiger partial charge in [-0.1, -0.05) is 0 Å². The number of nitrogens with zero attached hydrogens (tertiary/aromatic N) is 1. The van der Waals surface area contributed by atoms with Gasteiger partial charge in [0.15, 0.2) is 0 Å². The summed E-state index contributed by atoms with van der Waals surface area (Å²) in [5.41, 5.74) is -0.0155. The van der Waals surface area contributed by atoms with Gasteiger partial charge in [-0.3, -0.25) is 9.36 Å². The van der Waals surface area contributed by atoms with E-state index in [0.29, 0.717) is 22.4 Å². The Balaban J connectivity index is 1.51. The molecular formula is C22H17F3N4O4S2. The molecule has 182 valence electrons. The number of fused-ring (bicyclic) bond motifs is 1. The van der Waals surface area contributed by atoms with Crippen LogP contribution in [0.3, 0.4) is 0 Å². The predicted octanol–water partition coefficient (Wildman–Crippen LogP) is 4.68. The van der Waals surface area contributed by atoms with Crippen LogP contribution in [0.25, 0.3) is 16.5 Å². The van der Waals surface area contributed by atoms with Crippen LogP contribution in [0.5, 0.6) is 0 Å². The number of nitrogens with one attached hydrogen (secondary N) is 3. The number of alkyl halides is 2. The Bertz CT molecular complexity index is 1580. The van der Waals surface area contributed by atoms with Crippen molar-refractivity contribution in [3.05, 3.63) is 81.8 Å². The number of carbonyl (C=O) groups excluding carboxylic acids is 1. The zero-order valence-electron chi connectivity index (χ0n) is 17.9. The van der Waals surface area contributed by atoms with E-state index in [4.69, 9.17) is 0 Å². The van der Waals surface area contributed by atoms with Crippen LogP contribution >= 0.6 is 11.3 Å². The SMILES string of the molecule is CNc1cc2ccn(-c3ccc(NC(=O)NS(=O)(=O)c4cc(C(F)F)cs4)cc3)c(=O)c2cc1F. The molecule has 0 fully saturated rings. The van der Waals surface area contributed by atoms with E-state index < -0.39 is 43.6 Å². The van der Waals surface area contributed by atoms with E-state index in [0.717, 1.165) is 17.5 Å². The van der Waals surface area contributed by atoms with Crippen molar-refractivity contribution in [1.82, 2.24) is 9.29 Å². The lowest BCUT2D eigenvalue weighted by Crippen LogP contribution is -2.33. The fourth-order valence-corrected chi connectivity index (χ4v) is 5.37. The summed E-state index contributed by atoms with van der Waals surface area (Å²) in [5.74, 6) is -0.566. The zero-order valence-corrected chi connectivity index (χ0v) is 19.5. The molecule has 0 aliphatic heterocycles. The quantitative estimate of drug-likeness (QED) is 0.341. The van der Waals surface area contributed by atoms with Gasteiger partial charge < -0.3 is 10.6 Å². The van der Waals surface area contributed by atoms with Gasteiger partial charge in [-0.2, -0.15) is 0 Å². The number of sulfonamides is 1. The standard InChI is InChI=1S/C22H17F3N4O4S2/c1-26-18-8-12-6-7-29(21(30)16(12)10-17(18)23)15-4-2-14(3-5-15)27-22(31)28-35(32,33)19-9-13(11-34-19)20(24)25/h2-11,20,26H,1H3,(H2,27,28,31). The summed E-state index contributed by atoms with van der Waals surface area (Å²) >= 11 is 0.568. The topological polar surface area (TPSA) is 109 Å². The van der Waals surface area contributed by atoms with Gasteiger partial charge >= 0.3 is 6.03 Å². The fourth-order valence-electron chi connectivity index (χ4n) is 3.28. The molecule has 4 aromatic rings. The van der Waals surface area contributed by atoms with Gasteiger partial charge in [-0.05, 0) is 53.9 Å². The summed E-state index contributed by atoms with van der Waals surface area (Å²) < 4.78 is 66.6. The first-order valence-electron chi connectivity index (χ1n) is 9.92.